The molecule has 0 aliphatic heterocycles. The Hall–Kier alpha value is -0.760. The van der Waals surface area contributed by atoms with Crippen LogP contribution in [0, 0.1) is 5.41 Å². The summed E-state index contributed by atoms with van der Waals surface area (Å²) >= 11 is 0. The van der Waals surface area contributed by atoms with Crippen LogP contribution in [-0.4, -0.2) is 66.4 Å². The van der Waals surface area contributed by atoms with Gasteiger partial charge in [0.2, 0.25) is 0 Å². The van der Waals surface area contributed by atoms with Crippen LogP contribution in [0.4, 0.5) is 0 Å². The Morgan fingerprint density at radius 2 is 1.57 bits per heavy atom. The van der Waals surface area contributed by atoms with Crippen molar-refractivity contribution < 1.29 is 29.9 Å². The lowest BCUT2D eigenvalue weighted by atomic mass is 9.88. The van der Waals surface area contributed by atoms with Crippen LogP contribution in [-0.2, 0) is 9.47 Å². The number of aliphatic hydroxyl groups is 4. The highest BCUT2D eigenvalue weighted by Crippen LogP contribution is 2.20. The van der Waals surface area contributed by atoms with Crippen molar-refractivity contribution in [1.29, 1.82) is 0 Å². The second-order valence-electron chi connectivity index (χ2n) is 4.61. The number of ether oxygens (including phenoxy) is 2. The summed E-state index contributed by atoms with van der Waals surface area (Å²) in [6.45, 7) is 10.4. The molecule has 0 aromatic rings. The van der Waals surface area contributed by atoms with Gasteiger partial charge in [-0.25, -0.2) is 0 Å². The van der Waals surface area contributed by atoms with E-state index in [9.17, 15) is 0 Å². The van der Waals surface area contributed by atoms with E-state index in [-0.39, 0.29) is 19.6 Å². The van der Waals surface area contributed by atoms with Crippen LogP contribution in [0.1, 0.15) is 19.8 Å². The molecule has 0 radical (unpaired) electrons. The van der Waals surface area contributed by atoms with Crippen molar-refractivity contribution in [1.82, 2.24) is 0 Å². The van der Waals surface area contributed by atoms with E-state index in [0.29, 0.717) is 32.8 Å². The lowest BCUT2D eigenvalue weighted by Gasteiger charge is -2.27. The minimum atomic E-state index is -1.25. The first kappa shape index (κ1) is 22.5. The van der Waals surface area contributed by atoms with Crippen LogP contribution in [0.25, 0.3) is 0 Å². The van der Waals surface area contributed by atoms with E-state index in [1.807, 2.05) is 6.92 Å². The number of rotatable bonds is 12. The second kappa shape index (κ2) is 15.6. The molecule has 0 amide bonds. The van der Waals surface area contributed by atoms with Gasteiger partial charge in [0, 0.05) is 11.8 Å². The van der Waals surface area contributed by atoms with Crippen LogP contribution < -0.4 is 0 Å². The van der Waals surface area contributed by atoms with Gasteiger partial charge in [-0.15, -0.1) is 13.2 Å². The monoisotopic (exact) mass is 306 g/mol. The summed E-state index contributed by atoms with van der Waals surface area (Å²) in [6.07, 6.45) is 2.97. The SMILES string of the molecule is C=CCOCC(CC)(CO)CO.C=CCOCCC(O)O. The van der Waals surface area contributed by atoms with E-state index in [0.717, 1.165) is 0 Å². The summed E-state index contributed by atoms with van der Waals surface area (Å²) in [4.78, 5) is 0. The maximum atomic E-state index is 9.01. The fourth-order valence-corrected chi connectivity index (χ4v) is 1.18. The Kier molecular flexibility index (Phi) is 16.8. The van der Waals surface area contributed by atoms with E-state index < -0.39 is 11.7 Å². The van der Waals surface area contributed by atoms with Crippen molar-refractivity contribution in [3.8, 4) is 0 Å². The number of hydrogen-bond acceptors (Lipinski definition) is 6. The Bertz CT molecular complexity index is 230. The third kappa shape index (κ3) is 14.0. The fraction of sp³-hybridized carbons (Fsp3) is 0.733. The lowest BCUT2D eigenvalue weighted by molar-refractivity contribution is -0.0593. The number of aliphatic hydroxyl groups excluding tert-OH is 3. The molecule has 0 heterocycles. The zero-order chi connectivity index (χ0) is 16.6. The lowest BCUT2D eigenvalue weighted by Crippen LogP contribution is -2.34. The Balaban J connectivity index is 0. The van der Waals surface area contributed by atoms with Gasteiger partial charge in [-0.3, -0.25) is 0 Å². The van der Waals surface area contributed by atoms with Crippen LogP contribution in [0.2, 0.25) is 0 Å². The summed E-state index contributed by atoms with van der Waals surface area (Å²) in [6, 6.07) is 0. The summed E-state index contributed by atoms with van der Waals surface area (Å²) in [5.41, 5.74) is -0.483. The van der Waals surface area contributed by atoms with E-state index in [4.69, 9.17) is 29.9 Å². The maximum absolute atomic E-state index is 9.01. The van der Waals surface area contributed by atoms with Gasteiger partial charge < -0.3 is 29.9 Å². The molecule has 0 fully saturated rings. The molecule has 0 aromatic heterocycles. The molecule has 0 unspecified atom stereocenters. The van der Waals surface area contributed by atoms with Gasteiger partial charge in [0.15, 0.2) is 6.29 Å². The van der Waals surface area contributed by atoms with E-state index >= 15 is 0 Å². The molecule has 0 aliphatic carbocycles. The molecular formula is C15H30O6. The zero-order valence-electron chi connectivity index (χ0n) is 12.9. The highest BCUT2D eigenvalue weighted by atomic mass is 16.5. The molecule has 4 N–H and O–H groups in total. The van der Waals surface area contributed by atoms with Crippen LogP contribution in [0.3, 0.4) is 0 Å². The Morgan fingerprint density at radius 3 is 1.95 bits per heavy atom. The quantitative estimate of drug-likeness (QED) is 0.237. The maximum Gasteiger partial charge on any atom is 0.153 e. The Morgan fingerprint density at radius 1 is 1.05 bits per heavy atom. The predicted molar refractivity (Wildman–Crippen MR) is 81.8 cm³/mol. The van der Waals surface area contributed by atoms with Crippen molar-refractivity contribution in [2.45, 2.75) is 26.1 Å². The predicted octanol–water partition coefficient (Wildman–Crippen LogP) is 0.460. The molecule has 21 heavy (non-hydrogen) atoms. The van der Waals surface area contributed by atoms with Crippen molar-refractivity contribution in [3.63, 3.8) is 0 Å². The van der Waals surface area contributed by atoms with Gasteiger partial charge in [-0.05, 0) is 6.42 Å². The summed E-state index contributed by atoms with van der Waals surface area (Å²) in [5, 5.41) is 34.6. The van der Waals surface area contributed by atoms with Crippen molar-refractivity contribution in [3.05, 3.63) is 25.3 Å². The van der Waals surface area contributed by atoms with Crippen molar-refractivity contribution in [2.24, 2.45) is 5.41 Å². The normalized spacial score (nSPS) is 11.0. The van der Waals surface area contributed by atoms with Crippen LogP contribution in [0.15, 0.2) is 25.3 Å². The molecule has 0 spiro atoms. The average Bonchev–Trinajstić information content (AvgIpc) is 2.49. The largest absolute Gasteiger partial charge is 0.396 e. The third-order valence-electron chi connectivity index (χ3n) is 2.82. The van der Waals surface area contributed by atoms with Gasteiger partial charge in [-0.2, -0.15) is 0 Å². The standard InChI is InChI=1S/C9H18O3.C6H12O3/c1-3-5-12-8-9(4-2,6-10)7-11;1-2-4-9-5-3-6(7)8/h3,10-11H,1,4-8H2,2H3;2,6-8H,1,3-5H2. The van der Waals surface area contributed by atoms with Crippen molar-refractivity contribution >= 4 is 0 Å². The molecule has 0 aliphatic rings. The van der Waals surface area contributed by atoms with Crippen LogP contribution in [0.5, 0.6) is 0 Å². The van der Waals surface area contributed by atoms with E-state index in [1.54, 1.807) is 12.2 Å². The van der Waals surface area contributed by atoms with Gasteiger partial charge >= 0.3 is 0 Å². The van der Waals surface area contributed by atoms with Crippen LogP contribution >= 0.6 is 0 Å². The van der Waals surface area contributed by atoms with Crippen molar-refractivity contribution in [2.75, 3.05) is 39.6 Å². The molecule has 126 valence electrons. The Labute approximate surface area is 127 Å². The van der Waals surface area contributed by atoms with E-state index in [2.05, 4.69) is 13.2 Å². The van der Waals surface area contributed by atoms with Gasteiger partial charge in [0.25, 0.3) is 0 Å². The molecule has 0 aromatic carbocycles. The number of hydrogen-bond donors (Lipinski definition) is 4. The van der Waals surface area contributed by atoms with Gasteiger partial charge in [-0.1, -0.05) is 19.1 Å². The highest BCUT2D eigenvalue weighted by Gasteiger charge is 2.26. The molecule has 0 rings (SSSR count). The molecule has 6 nitrogen and oxygen atoms in total. The summed E-state index contributed by atoms with van der Waals surface area (Å²) in [7, 11) is 0. The average molecular weight is 306 g/mol. The minimum Gasteiger partial charge on any atom is -0.396 e. The first-order chi connectivity index (χ1) is 10.0. The molecule has 0 atom stereocenters. The van der Waals surface area contributed by atoms with Gasteiger partial charge in [0.05, 0.1) is 39.6 Å². The first-order valence-electron chi connectivity index (χ1n) is 6.97. The zero-order valence-corrected chi connectivity index (χ0v) is 12.9. The molecule has 0 saturated heterocycles. The topological polar surface area (TPSA) is 99.4 Å². The third-order valence-corrected chi connectivity index (χ3v) is 2.82. The summed E-state index contributed by atoms with van der Waals surface area (Å²) in [5.74, 6) is 0. The first-order valence-corrected chi connectivity index (χ1v) is 6.97. The highest BCUT2D eigenvalue weighted by molar-refractivity contribution is 4.76. The molecular weight excluding hydrogens is 276 g/mol. The molecule has 6 heteroatoms. The second-order valence-corrected chi connectivity index (χ2v) is 4.61. The fourth-order valence-electron chi connectivity index (χ4n) is 1.18. The molecule has 0 saturated carbocycles. The van der Waals surface area contributed by atoms with E-state index in [1.165, 1.54) is 0 Å². The molecule has 0 bridgehead atoms. The minimum absolute atomic E-state index is 0.0445. The van der Waals surface area contributed by atoms with Gasteiger partial charge in [0.1, 0.15) is 0 Å². The summed E-state index contributed by atoms with van der Waals surface area (Å²) < 4.78 is 10.0. The smallest absolute Gasteiger partial charge is 0.153 e.